The molecule has 1 N–H and O–H groups in total. The third kappa shape index (κ3) is 3.49. The molecule has 2 aromatic heterocycles. The first-order valence-electron chi connectivity index (χ1n) is 7.57. The summed E-state index contributed by atoms with van der Waals surface area (Å²) in [7, 11) is -1.93. The Bertz CT molecular complexity index is 827. The standard InChI is InChI=1S/C14H19N5O4S/c1-10-8-13(18(2)15-10)19-6-3-4-12(14(19)20)17-24(21,22)9-11-5-7-23-16-11/h5,7-8,12,17H,3-4,6,9H2,1-2H3/t12-/m0/s1. The molecule has 0 aromatic carbocycles. The first kappa shape index (κ1) is 16.7. The molecule has 1 saturated heterocycles. The van der Waals surface area contributed by atoms with Gasteiger partial charge in [0, 0.05) is 25.7 Å². The first-order chi connectivity index (χ1) is 11.4. The first-order valence-corrected chi connectivity index (χ1v) is 9.22. The van der Waals surface area contributed by atoms with Crippen LogP contribution in [0.4, 0.5) is 5.82 Å². The van der Waals surface area contributed by atoms with Gasteiger partial charge in [0.25, 0.3) is 0 Å². The number of piperidine rings is 1. The van der Waals surface area contributed by atoms with Crippen LogP contribution in [0.2, 0.25) is 0 Å². The molecule has 1 atom stereocenters. The summed E-state index contributed by atoms with van der Waals surface area (Å²) in [6, 6.07) is 2.50. The van der Waals surface area contributed by atoms with E-state index in [2.05, 4.69) is 19.5 Å². The minimum Gasteiger partial charge on any atom is -0.364 e. The Balaban J connectivity index is 1.74. The van der Waals surface area contributed by atoms with Crippen LogP contribution < -0.4 is 9.62 Å². The number of sulfonamides is 1. The van der Waals surface area contributed by atoms with Crippen LogP contribution in [0.15, 0.2) is 22.9 Å². The average Bonchev–Trinajstić information content (AvgIpc) is 3.10. The summed E-state index contributed by atoms with van der Waals surface area (Å²) in [5.74, 6) is 0.0730. The summed E-state index contributed by atoms with van der Waals surface area (Å²) in [6.45, 7) is 2.38. The van der Waals surface area contributed by atoms with Crippen molar-refractivity contribution in [2.24, 2.45) is 7.05 Å². The van der Waals surface area contributed by atoms with Crippen LogP contribution >= 0.6 is 0 Å². The van der Waals surface area contributed by atoms with Gasteiger partial charge in [-0.1, -0.05) is 5.16 Å². The number of anilines is 1. The minimum atomic E-state index is -3.69. The van der Waals surface area contributed by atoms with Crippen LogP contribution in [0.1, 0.15) is 24.2 Å². The number of amides is 1. The zero-order chi connectivity index (χ0) is 17.3. The normalized spacial score (nSPS) is 19.0. The molecule has 9 nitrogen and oxygen atoms in total. The van der Waals surface area contributed by atoms with Crippen LogP contribution in [-0.4, -0.2) is 41.8 Å². The van der Waals surface area contributed by atoms with E-state index in [-0.39, 0.29) is 11.7 Å². The Morgan fingerprint density at radius 2 is 2.25 bits per heavy atom. The predicted octanol–water partition coefficient (Wildman–Crippen LogP) is 0.332. The van der Waals surface area contributed by atoms with Crippen molar-refractivity contribution in [2.45, 2.75) is 31.6 Å². The SMILES string of the molecule is Cc1cc(N2CCC[C@H](NS(=O)(=O)Cc3ccon3)C2=O)n(C)n1. The minimum absolute atomic E-state index is 0.270. The summed E-state index contributed by atoms with van der Waals surface area (Å²) < 4.78 is 33.2. The van der Waals surface area contributed by atoms with Crippen molar-refractivity contribution >= 4 is 21.7 Å². The lowest BCUT2D eigenvalue weighted by Crippen LogP contribution is -2.53. The van der Waals surface area contributed by atoms with Gasteiger partial charge in [0.2, 0.25) is 15.9 Å². The third-order valence-electron chi connectivity index (χ3n) is 3.84. The predicted molar refractivity (Wildman–Crippen MR) is 85.6 cm³/mol. The third-order valence-corrected chi connectivity index (χ3v) is 5.16. The van der Waals surface area contributed by atoms with Crippen LogP contribution in [0.3, 0.4) is 0 Å². The number of aryl methyl sites for hydroxylation is 2. The second-order valence-electron chi connectivity index (χ2n) is 5.82. The van der Waals surface area contributed by atoms with Crippen molar-refractivity contribution in [1.29, 1.82) is 0 Å². The molecule has 0 spiro atoms. The Morgan fingerprint density at radius 1 is 1.46 bits per heavy atom. The van der Waals surface area contributed by atoms with Crippen molar-refractivity contribution < 1.29 is 17.7 Å². The van der Waals surface area contributed by atoms with E-state index in [1.54, 1.807) is 16.6 Å². The molecule has 1 amide bonds. The largest absolute Gasteiger partial charge is 0.364 e. The van der Waals surface area contributed by atoms with Gasteiger partial charge in [0.15, 0.2) is 0 Å². The Hall–Kier alpha value is -2.20. The van der Waals surface area contributed by atoms with Crippen LogP contribution in [0.25, 0.3) is 0 Å². The van der Waals surface area contributed by atoms with Gasteiger partial charge in [-0.15, -0.1) is 0 Å². The van der Waals surface area contributed by atoms with E-state index in [0.29, 0.717) is 30.9 Å². The lowest BCUT2D eigenvalue weighted by atomic mass is 10.1. The van der Waals surface area contributed by atoms with Gasteiger partial charge in [0.1, 0.15) is 23.9 Å². The fourth-order valence-electron chi connectivity index (χ4n) is 2.83. The number of carbonyl (C=O) groups excluding carboxylic acids is 1. The molecular formula is C14H19N5O4S. The van der Waals surface area contributed by atoms with Gasteiger partial charge in [-0.2, -0.15) is 5.10 Å². The Kier molecular flexibility index (Phi) is 4.41. The van der Waals surface area contributed by atoms with Gasteiger partial charge in [-0.25, -0.2) is 13.1 Å². The lowest BCUT2D eigenvalue weighted by Gasteiger charge is -2.32. The molecule has 130 valence electrons. The van der Waals surface area contributed by atoms with E-state index in [9.17, 15) is 13.2 Å². The molecule has 1 aliphatic heterocycles. The molecule has 2 aromatic rings. The summed E-state index contributed by atoms with van der Waals surface area (Å²) in [5.41, 5.74) is 1.10. The fourth-order valence-corrected chi connectivity index (χ4v) is 4.10. The van der Waals surface area contributed by atoms with Crippen molar-refractivity contribution in [3.05, 3.63) is 29.8 Å². The molecule has 10 heteroatoms. The van der Waals surface area contributed by atoms with E-state index in [4.69, 9.17) is 0 Å². The van der Waals surface area contributed by atoms with E-state index >= 15 is 0 Å². The quantitative estimate of drug-likeness (QED) is 0.829. The number of rotatable bonds is 5. The number of carbonyl (C=O) groups is 1. The zero-order valence-corrected chi connectivity index (χ0v) is 14.3. The highest BCUT2D eigenvalue weighted by Gasteiger charge is 2.34. The lowest BCUT2D eigenvalue weighted by molar-refractivity contribution is -0.121. The maximum Gasteiger partial charge on any atom is 0.246 e. The second kappa shape index (κ2) is 6.36. The highest BCUT2D eigenvalue weighted by molar-refractivity contribution is 7.88. The van der Waals surface area contributed by atoms with Gasteiger partial charge in [-0.3, -0.25) is 14.4 Å². The van der Waals surface area contributed by atoms with E-state index in [1.165, 1.54) is 12.3 Å². The molecular weight excluding hydrogens is 334 g/mol. The molecule has 0 radical (unpaired) electrons. The molecule has 3 heterocycles. The van der Waals surface area contributed by atoms with Crippen LogP contribution in [0.5, 0.6) is 0 Å². The Morgan fingerprint density at radius 3 is 2.88 bits per heavy atom. The number of hydrogen-bond acceptors (Lipinski definition) is 6. The van der Waals surface area contributed by atoms with E-state index in [1.807, 2.05) is 13.0 Å². The molecule has 0 saturated carbocycles. The van der Waals surface area contributed by atoms with Crippen molar-refractivity contribution in [3.8, 4) is 0 Å². The summed E-state index contributed by atoms with van der Waals surface area (Å²) in [4.78, 5) is 14.3. The van der Waals surface area contributed by atoms with Gasteiger partial charge >= 0.3 is 0 Å². The number of nitrogens with one attached hydrogen (secondary N) is 1. The number of hydrogen-bond donors (Lipinski definition) is 1. The fraction of sp³-hybridized carbons (Fsp3) is 0.500. The van der Waals surface area contributed by atoms with Crippen molar-refractivity contribution in [1.82, 2.24) is 19.7 Å². The molecule has 0 unspecified atom stereocenters. The molecule has 3 rings (SSSR count). The average molecular weight is 353 g/mol. The second-order valence-corrected chi connectivity index (χ2v) is 7.57. The van der Waals surface area contributed by atoms with Gasteiger partial charge < -0.3 is 4.52 Å². The van der Waals surface area contributed by atoms with E-state index < -0.39 is 16.1 Å². The van der Waals surface area contributed by atoms with E-state index in [0.717, 1.165) is 5.69 Å². The monoisotopic (exact) mass is 353 g/mol. The van der Waals surface area contributed by atoms with Gasteiger partial charge in [-0.05, 0) is 19.8 Å². The van der Waals surface area contributed by atoms with Crippen molar-refractivity contribution in [3.63, 3.8) is 0 Å². The maximum atomic E-state index is 12.7. The molecule has 0 aliphatic carbocycles. The topological polar surface area (TPSA) is 110 Å². The summed E-state index contributed by atoms with van der Waals surface area (Å²) in [5, 5.41) is 7.83. The number of aromatic nitrogens is 3. The maximum absolute atomic E-state index is 12.7. The highest BCUT2D eigenvalue weighted by Crippen LogP contribution is 2.22. The van der Waals surface area contributed by atoms with Crippen molar-refractivity contribution in [2.75, 3.05) is 11.4 Å². The van der Waals surface area contributed by atoms with Gasteiger partial charge in [0.05, 0.1) is 11.4 Å². The summed E-state index contributed by atoms with van der Waals surface area (Å²) >= 11 is 0. The summed E-state index contributed by atoms with van der Waals surface area (Å²) in [6.07, 6.45) is 2.47. The van der Waals surface area contributed by atoms with Crippen LogP contribution in [-0.2, 0) is 27.6 Å². The Labute approximate surface area is 139 Å². The molecule has 1 fully saturated rings. The van der Waals surface area contributed by atoms with Crippen LogP contribution in [0, 0.1) is 6.92 Å². The smallest absolute Gasteiger partial charge is 0.246 e. The molecule has 24 heavy (non-hydrogen) atoms. The molecule has 0 bridgehead atoms. The molecule has 1 aliphatic rings. The number of nitrogens with zero attached hydrogens (tertiary/aromatic N) is 4. The highest BCUT2D eigenvalue weighted by atomic mass is 32.2. The zero-order valence-electron chi connectivity index (χ0n) is 13.5.